The first-order valence-electron chi connectivity index (χ1n) is 3.43. The largest absolute Gasteiger partial charge is 1.00 e. The Morgan fingerprint density at radius 3 is 2.43 bits per heavy atom. The van der Waals surface area contributed by atoms with E-state index >= 15 is 0 Å². The van der Waals surface area contributed by atoms with Crippen LogP contribution >= 0.6 is 0 Å². The van der Waals surface area contributed by atoms with E-state index in [1.54, 1.807) is 19.1 Å². The van der Waals surface area contributed by atoms with Crippen LogP contribution in [0.15, 0.2) is 23.1 Å². The van der Waals surface area contributed by atoms with E-state index in [1.165, 1.54) is 12.1 Å². The van der Waals surface area contributed by atoms with Crippen molar-refractivity contribution in [1.82, 2.24) is 0 Å². The van der Waals surface area contributed by atoms with Crippen molar-refractivity contribution in [3.05, 3.63) is 29.3 Å². The summed E-state index contributed by atoms with van der Waals surface area (Å²) in [5, 5.41) is 8.55. The van der Waals surface area contributed by atoms with Crippen molar-refractivity contribution in [2.24, 2.45) is 0 Å². The number of hydrogen-bond acceptors (Lipinski definition) is 3. The number of aryl methyl sites for hydroxylation is 1. The molecule has 1 aromatic carbocycles. The summed E-state index contributed by atoms with van der Waals surface area (Å²) in [7, 11) is -4.29. The Balaban J connectivity index is 0.00000169. The molecule has 0 radical (unpaired) electrons. The summed E-state index contributed by atoms with van der Waals surface area (Å²) in [6, 6.07) is 5.91. The van der Waals surface area contributed by atoms with Gasteiger partial charge in [-0.15, -0.1) is 0 Å². The van der Waals surface area contributed by atoms with Gasteiger partial charge in [-0.2, -0.15) is 13.7 Å². The SMILES string of the molecule is Cc1ccc(C#N)c(S(=O)(=O)O)c1.[K+]. The Hall–Kier alpha value is 0.256. The van der Waals surface area contributed by atoms with Gasteiger partial charge in [-0.25, -0.2) is 0 Å². The van der Waals surface area contributed by atoms with Crippen LogP contribution in [-0.4, -0.2) is 13.0 Å². The summed E-state index contributed by atoms with van der Waals surface area (Å²) in [6.07, 6.45) is 0. The molecule has 1 aromatic rings. The fraction of sp³-hybridized carbons (Fsp3) is 0.125. The van der Waals surface area contributed by atoms with E-state index in [-0.39, 0.29) is 61.8 Å². The number of hydrogen-bond donors (Lipinski definition) is 1. The number of nitrogens with zero attached hydrogens (tertiary/aromatic N) is 1. The van der Waals surface area contributed by atoms with Crippen LogP contribution in [0.3, 0.4) is 0 Å². The maximum absolute atomic E-state index is 10.8. The molecule has 68 valence electrons. The zero-order chi connectivity index (χ0) is 10.1. The molecule has 0 heterocycles. The van der Waals surface area contributed by atoms with Gasteiger partial charge in [0, 0.05) is 0 Å². The Kier molecular flexibility index (Phi) is 5.47. The molecule has 6 heteroatoms. The van der Waals surface area contributed by atoms with Crippen LogP contribution in [0, 0.1) is 18.3 Å². The molecule has 0 saturated carbocycles. The van der Waals surface area contributed by atoms with Gasteiger partial charge >= 0.3 is 51.4 Å². The van der Waals surface area contributed by atoms with Crippen LogP contribution in [0.25, 0.3) is 0 Å². The Bertz CT molecular complexity index is 476. The van der Waals surface area contributed by atoms with Gasteiger partial charge in [0.1, 0.15) is 11.0 Å². The maximum atomic E-state index is 10.8. The van der Waals surface area contributed by atoms with Crippen molar-refractivity contribution in [3.8, 4) is 6.07 Å². The number of nitriles is 1. The van der Waals surface area contributed by atoms with E-state index < -0.39 is 10.1 Å². The minimum Gasteiger partial charge on any atom is -0.282 e. The summed E-state index contributed by atoms with van der Waals surface area (Å²) in [4.78, 5) is -0.338. The van der Waals surface area contributed by atoms with Crippen LogP contribution in [0.2, 0.25) is 0 Å². The fourth-order valence-corrected chi connectivity index (χ4v) is 1.66. The van der Waals surface area contributed by atoms with Crippen molar-refractivity contribution in [3.63, 3.8) is 0 Å². The first-order valence-corrected chi connectivity index (χ1v) is 4.87. The molecule has 0 unspecified atom stereocenters. The Morgan fingerprint density at radius 1 is 1.43 bits per heavy atom. The molecule has 14 heavy (non-hydrogen) atoms. The quantitative estimate of drug-likeness (QED) is 0.457. The van der Waals surface area contributed by atoms with Crippen LogP contribution in [0.4, 0.5) is 0 Å². The standard InChI is InChI=1S/C8H7NO3S.K/c1-6-2-3-7(5-9)8(4-6)13(10,11)12;/h2-4H,1H3,(H,10,11,12);/q;+1. The molecule has 0 amide bonds. The molecule has 0 aliphatic carbocycles. The van der Waals surface area contributed by atoms with Gasteiger partial charge < -0.3 is 0 Å². The molecule has 0 spiro atoms. The monoisotopic (exact) mass is 236 g/mol. The zero-order valence-electron chi connectivity index (χ0n) is 7.85. The van der Waals surface area contributed by atoms with Crippen LogP contribution < -0.4 is 51.4 Å². The van der Waals surface area contributed by atoms with Gasteiger partial charge in [0.05, 0.1) is 5.56 Å². The molecule has 1 rings (SSSR count). The van der Waals surface area contributed by atoms with Gasteiger partial charge in [-0.3, -0.25) is 4.55 Å². The van der Waals surface area contributed by atoms with Crippen LogP contribution in [0.1, 0.15) is 11.1 Å². The minimum absolute atomic E-state index is 0. The maximum Gasteiger partial charge on any atom is 1.00 e. The first-order chi connectivity index (χ1) is 5.95. The average Bonchev–Trinajstić information content (AvgIpc) is 2.03. The van der Waals surface area contributed by atoms with E-state index in [1.807, 2.05) is 0 Å². The molecule has 0 aliphatic rings. The third-order valence-corrected chi connectivity index (χ3v) is 2.43. The molecule has 0 bridgehead atoms. The van der Waals surface area contributed by atoms with Crippen molar-refractivity contribution in [2.75, 3.05) is 0 Å². The van der Waals surface area contributed by atoms with Gasteiger partial charge in [-0.05, 0) is 24.6 Å². The molecular formula is C8H7KNO3S+. The average molecular weight is 236 g/mol. The van der Waals surface area contributed by atoms with E-state index in [0.29, 0.717) is 5.56 Å². The predicted molar refractivity (Wildman–Crippen MR) is 45.7 cm³/mol. The molecule has 0 fully saturated rings. The molecular weight excluding hydrogens is 229 g/mol. The van der Waals surface area contributed by atoms with Gasteiger partial charge in [0.25, 0.3) is 10.1 Å². The summed E-state index contributed by atoms with van der Waals surface area (Å²) in [5.74, 6) is 0. The van der Waals surface area contributed by atoms with Crippen molar-refractivity contribution < 1.29 is 64.4 Å². The summed E-state index contributed by atoms with van der Waals surface area (Å²) in [6.45, 7) is 1.68. The number of rotatable bonds is 1. The van der Waals surface area contributed by atoms with E-state index in [2.05, 4.69) is 0 Å². The Morgan fingerprint density at radius 2 is 2.00 bits per heavy atom. The second kappa shape index (κ2) is 5.37. The second-order valence-corrected chi connectivity index (χ2v) is 3.98. The van der Waals surface area contributed by atoms with Crippen molar-refractivity contribution in [2.45, 2.75) is 11.8 Å². The second-order valence-electron chi connectivity index (χ2n) is 2.59. The van der Waals surface area contributed by atoms with E-state index in [0.717, 1.165) is 0 Å². The Labute approximate surface area is 125 Å². The van der Waals surface area contributed by atoms with E-state index in [9.17, 15) is 8.42 Å². The van der Waals surface area contributed by atoms with Crippen LogP contribution in [0.5, 0.6) is 0 Å². The first kappa shape index (κ1) is 14.3. The smallest absolute Gasteiger partial charge is 0.282 e. The van der Waals surface area contributed by atoms with Crippen LogP contribution in [-0.2, 0) is 10.1 Å². The third kappa shape index (κ3) is 3.44. The molecule has 0 atom stereocenters. The third-order valence-electron chi connectivity index (χ3n) is 1.54. The van der Waals surface area contributed by atoms with Crippen molar-refractivity contribution >= 4 is 10.1 Å². The van der Waals surface area contributed by atoms with E-state index in [4.69, 9.17) is 9.81 Å². The van der Waals surface area contributed by atoms with Gasteiger partial charge in [-0.1, -0.05) is 6.07 Å². The topological polar surface area (TPSA) is 78.2 Å². The summed E-state index contributed by atoms with van der Waals surface area (Å²) in [5.41, 5.74) is 0.625. The zero-order valence-corrected chi connectivity index (χ0v) is 11.8. The molecule has 4 nitrogen and oxygen atoms in total. The predicted octanol–water partition coefficient (Wildman–Crippen LogP) is -1.88. The molecule has 1 N–H and O–H groups in total. The molecule has 0 saturated heterocycles. The molecule has 0 aliphatic heterocycles. The summed E-state index contributed by atoms with van der Waals surface area (Å²) >= 11 is 0. The van der Waals surface area contributed by atoms with Crippen molar-refractivity contribution in [1.29, 1.82) is 5.26 Å². The van der Waals surface area contributed by atoms with Gasteiger partial charge in [0.2, 0.25) is 0 Å². The molecule has 0 aromatic heterocycles. The van der Waals surface area contributed by atoms with Gasteiger partial charge in [0.15, 0.2) is 0 Å². The fourth-order valence-electron chi connectivity index (χ4n) is 0.935. The summed E-state index contributed by atoms with van der Waals surface area (Å²) < 4.78 is 30.3. The number of benzene rings is 1. The minimum atomic E-state index is -4.29. The normalized spacial score (nSPS) is 10.1.